The number of rotatable bonds is 8. The number of ether oxygens (including phenoxy) is 1. The highest BCUT2D eigenvalue weighted by molar-refractivity contribution is 6.25. The fourth-order valence-electron chi connectivity index (χ4n) is 4.21. The van der Waals surface area contributed by atoms with Gasteiger partial charge in [0.25, 0.3) is 11.8 Å². The molecule has 1 N–H and O–H groups in total. The topological polar surface area (TPSA) is 75.7 Å². The van der Waals surface area contributed by atoms with Crippen molar-refractivity contribution >= 4 is 28.5 Å². The first-order valence-electron chi connectivity index (χ1n) is 10.8. The van der Waals surface area contributed by atoms with Crippen LogP contribution in [-0.4, -0.2) is 36.3 Å². The molecule has 1 heterocycles. The van der Waals surface area contributed by atoms with E-state index in [1.165, 1.54) is 4.90 Å². The summed E-state index contributed by atoms with van der Waals surface area (Å²) in [6.45, 7) is 2.22. The van der Waals surface area contributed by atoms with Crippen molar-refractivity contribution in [3.8, 4) is 5.75 Å². The number of nitrogens with zero attached hydrogens (tertiary/aromatic N) is 1. The summed E-state index contributed by atoms with van der Waals surface area (Å²) in [6.07, 6.45) is 1.39. The Bertz CT molecular complexity index is 1120. The van der Waals surface area contributed by atoms with Crippen LogP contribution in [-0.2, 0) is 4.79 Å². The fraction of sp³-hybridized carbons (Fsp3) is 0.269. The van der Waals surface area contributed by atoms with E-state index in [4.69, 9.17) is 4.74 Å². The van der Waals surface area contributed by atoms with Gasteiger partial charge in [-0.05, 0) is 48.1 Å². The SMILES string of the molecule is CCC(NC(=O)CCCN1C(=O)c2cccc3cccc(c23)C1=O)c1ccc(OC)cc1. The van der Waals surface area contributed by atoms with Gasteiger partial charge in [0.2, 0.25) is 5.91 Å². The molecule has 164 valence electrons. The number of nitrogens with one attached hydrogen (secondary N) is 1. The van der Waals surface area contributed by atoms with Crippen molar-refractivity contribution in [1.82, 2.24) is 10.2 Å². The van der Waals surface area contributed by atoms with Gasteiger partial charge in [-0.2, -0.15) is 0 Å². The van der Waals surface area contributed by atoms with Gasteiger partial charge in [-0.1, -0.05) is 43.3 Å². The van der Waals surface area contributed by atoms with E-state index >= 15 is 0 Å². The Balaban J connectivity index is 1.38. The van der Waals surface area contributed by atoms with Gasteiger partial charge in [-0.25, -0.2) is 0 Å². The third-order valence-corrected chi connectivity index (χ3v) is 5.90. The zero-order valence-corrected chi connectivity index (χ0v) is 18.3. The van der Waals surface area contributed by atoms with E-state index in [9.17, 15) is 14.4 Å². The lowest BCUT2D eigenvalue weighted by Crippen LogP contribution is -2.41. The number of benzene rings is 3. The first-order valence-corrected chi connectivity index (χ1v) is 10.8. The minimum atomic E-state index is -0.302. The molecular weight excluding hydrogens is 404 g/mol. The molecule has 0 fully saturated rings. The molecule has 32 heavy (non-hydrogen) atoms. The summed E-state index contributed by atoms with van der Waals surface area (Å²) in [5, 5.41) is 4.64. The second kappa shape index (κ2) is 9.22. The van der Waals surface area contributed by atoms with E-state index in [2.05, 4.69) is 5.32 Å². The molecule has 1 aliphatic rings. The average Bonchev–Trinajstić information content (AvgIpc) is 2.83. The lowest BCUT2D eigenvalue weighted by atomic mass is 9.94. The second-order valence-corrected chi connectivity index (χ2v) is 7.88. The Morgan fingerprint density at radius 2 is 1.59 bits per heavy atom. The van der Waals surface area contributed by atoms with Crippen molar-refractivity contribution in [3.05, 3.63) is 77.4 Å². The first-order chi connectivity index (χ1) is 15.5. The monoisotopic (exact) mass is 430 g/mol. The Labute approximate surface area is 187 Å². The normalized spacial score (nSPS) is 13.9. The number of hydrogen-bond donors (Lipinski definition) is 1. The van der Waals surface area contributed by atoms with Crippen LogP contribution in [0, 0.1) is 0 Å². The Morgan fingerprint density at radius 1 is 0.969 bits per heavy atom. The van der Waals surface area contributed by atoms with Crippen molar-refractivity contribution in [2.75, 3.05) is 13.7 Å². The standard InChI is InChI=1S/C26H26N2O4/c1-3-22(17-12-14-19(32-2)15-13-17)27-23(29)11-6-16-28-25(30)20-9-4-7-18-8-5-10-21(24(18)20)26(28)31/h4-5,7-10,12-15,22H,3,6,11,16H2,1-2H3,(H,27,29). The van der Waals surface area contributed by atoms with Crippen LogP contribution in [0.3, 0.4) is 0 Å². The van der Waals surface area contributed by atoms with E-state index in [1.807, 2.05) is 55.5 Å². The summed E-state index contributed by atoms with van der Waals surface area (Å²) in [7, 11) is 1.62. The zero-order chi connectivity index (χ0) is 22.7. The summed E-state index contributed by atoms with van der Waals surface area (Å²) in [6, 6.07) is 18.5. The molecule has 0 radical (unpaired) electrons. The summed E-state index contributed by atoms with van der Waals surface area (Å²) in [5.41, 5.74) is 2.08. The molecule has 1 atom stereocenters. The highest BCUT2D eigenvalue weighted by Gasteiger charge is 2.32. The largest absolute Gasteiger partial charge is 0.497 e. The highest BCUT2D eigenvalue weighted by Crippen LogP contribution is 2.30. The number of amides is 3. The lowest BCUT2D eigenvalue weighted by molar-refractivity contribution is -0.122. The Morgan fingerprint density at radius 3 is 2.16 bits per heavy atom. The van der Waals surface area contributed by atoms with Gasteiger partial charge in [-0.3, -0.25) is 19.3 Å². The summed E-state index contributed by atoms with van der Waals surface area (Å²) < 4.78 is 5.18. The van der Waals surface area contributed by atoms with Crippen LogP contribution in [0.15, 0.2) is 60.7 Å². The van der Waals surface area contributed by atoms with Crippen LogP contribution in [0.1, 0.15) is 58.5 Å². The van der Waals surface area contributed by atoms with Gasteiger partial charge >= 0.3 is 0 Å². The molecule has 1 aliphatic heterocycles. The zero-order valence-electron chi connectivity index (χ0n) is 18.3. The van der Waals surface area contributed by atoms with Crippen LogP contribution in [0.5, 0.6) is 5.75 Å². The molecule has 0 aromatic heterocycles. The Kier molecular flexibility index (Phi) is 6.21. The fourth-order valence-corrected chi connectivity index (χ4v) is 4.21. The Hall–Kier alpha value is -3.67. The van der Waals surface area contributed by atoms with Crippen molar-refractivity contribution in [2.45, 2.75) is 32.2 Å². The molecule has 3 aromatic carbocycles. The molecule has 6 nitrogen and oxygen atoms in total. The van der Waals surface area contributed by atoms with E-state index < -0.39 is 0 Å². The number of methoxy groups -OCH3 is 1. The smallest absolute Gasteiger partial charge is 0.261 e. The van der Waals surface area contributed by atoms with Gasteiger partial charge in [0, 0.05) is 29.5 Å². The first kappa shape index (κ1) is 21.6. The average molecular weight is 431 g/mol. The molecular formula is C26H26N2O4. The van der Waals surface area contributed by atoms with E-state index in [0.717, 1.165) is 23.1 Å². The molecule has 0 aliphatic carbocycles. The lowest BCUT2D eigenvalue weighted by Gasteiger charge is -2.27. The molecule has 0 saturated heterocycles. The maximum atomic E-state index is 12.9. The van der Waals surface area contributed by atoms with E-state index in [-0.39, 0.29) is 36.7 Å². The van der Waals surface area contributed by atoms with Crippen molar-refractivity contribution in [2.24, 2.45) is 0 Å². The van der Waals surface area contributed by atoms with Crippen LogP contribution in [0.25, 0.3) is 10.8 Å². The third-order valence-electron chi connectivity index (χ3n) is 5.90. The molecule has 1 unspecified atom stereocenters. The summed E-state index contributed by atoms with van der Waals surface area (Å²) in [4.78, 5) is 39.7. The van der Waals surface area contributed by atoms with E-state index in [1.54, 1.807) is 19.2 Å². The van der Waals surface area contributed by atoms with Gasteiger partial charge in [0.15, 0.2) is 0 Å². The van der Waals surface area contributed by atoms with Crippen LogP contribution in [0.2, 0.25) is 0 Å². The predicted octanol–water partition coefficient (Wildman–Crippen LogP) is 4.49. The number of imide groups is 1. The minimum absolute atomic E-state index is 0.101. The molecule has 4 rings (SSSR count). The van der Waals surface area contributed by atoms with Gasteiger partial charge in [0.05, 0.1) is 13.2 Å². The highest BCUT2D eigenvalue weighted by atomic mass is 16.5. The minimum Gasteiger partial charge on any atom is -0.497 e. The van der Waals surface area contributed by atoms with Crippen LogP contribution in [0.4, 0.5) is 0 Å². The molecule has 3 amide bonds. The quantitative estimate of drug-likeness (QED) is 0.534. The van der Waals surface area contributed by atoms with Crippen LogP contribution < -0.4 is 10.1 Å². The summed E-state index contributed by atoms with van der Waals surface area (Å²) >= 11 is 0. The molecule has 6 heteroatoms. The maximum absolute atomic E-state index is 12.9. The van der Waals surface area contributed by atoms with Crippen LogP contribution >= 0.6 is 0 Å². The summed E-state index contributed by atoms with van der Waals surface area (Å²) in [5.74, 6) is 0.0592. The van der Waals surface area contributed by atoms with Gasteiger partial charge < -0.3 is 10.1 Å². The number of hydrogen-bond acceptors (Lipinski definition) is 4. The predicted molar refractivity (Wildman–Crippen MR) is 123 cm³/mol. The van der Waals surface area contributed by atoms with Crippen molar-refractivity contribution in [3.63, 3.8) is 0 Å². The number of carbonyl (C=O) groups is 3. The van der Waals surface area contributed by atoms with Gasteiger partial charge in [0.1, 0.15) is 5.75 Å². The van der Waals surface area contributed by atoms with Crippen molar-refractivity contribution in [1.29, 1.82) is 0 Å². The molecule has 3 aromatic rings. The molecule has 0 bridgehead atoms. The molecule has 0 saturated carbocycles. The second-order valence-electron chi connectivity index (χ2n) is 7.88. The van der Waals surface area contributed by atoms with Gasteiger partial charge in [-0.15, -0.1) is 0 Å². The number of carbonyl (C=O) groups excluding carboxylic acids is 3. The molecule has 0 spiro atoms. The van der Waals surface area contributed by atoms with E-state index in [0.29, 0.717) is 22.9 Å². The van der Waals surface area contributed by atoms with Crippen molar-refractivity contribution < 1.29 is 19.1 Å². The maximum Gasteiger partial charge on any atom is 0.261 e. The third kappa shape index (κ3) is 4.08.